The lowest BCUT2D eigenvalue weighted by Gasteiger charge is -2.04. The van der Waals surface area contributed by atoms with Crippen molar-refractivity contribution >= 4 is 11.6 Å². The lowest BCUT2D eigenvalue weighted by atomic mass is 10.2. The van der Waals surface area contributed by atoms with E-state index in [1.165, 1.54) is 24.3 Å². The number of hydrogen-bond donors (Lipinski definition) is 1. The van der Waals surface area contributed by atoms with Crippen LogP contribution in [0.1, 0.15) is 10.4 Å². The highest BCUT2D eigenvalue weighted by Gasteiger charge is 2.12. The highest BCUT2D eigenvalue weighted by molar-refractivity contribution is 6.03. The molecule has 0 radical (unpaired) electrons. The highest BCUT2D eigenvalue weighted by Crippen LogP contribution is 2.10. The van der Waals surface area contributed by atoms with E-state index in [0.29, 0.717) is 11.3 Å². The first kappa shape index (κ1) is 13.9. The van der Waals surface area contributed by atoms with Crippen molar-refractivity contribution in [3.63, 3.8) is 0 Å². The van der Waals surface area contributed by atoms with Gasteiger partial charge in [0.05, 0.1) is 0 Å². The number of aromatic nitrogens is 1. The minimum absolute atomic E-state index is 0.239. The summed E-state index contributed by atoms with van der Waals surface area (Å²) in [4.78, 5) is 12.3. The van der Waals surface area contributed by atoms with Crippen molar-refractivity contribution < 1.29 is 13.8 Å². The molecule has 0 spiro atoms. The van der Waals surface area contributed by atoms with E-state index < -0.39 is 0 Å². The van der Waals surface area contributed by atoms with Crippen LogP contribution < -0.4 is 9.88 Å². The van der Waals surface area contributed by atoms with Gasteiger partial charge in [-0.05, 0) is 30.3 Å². The quantitative estimate of drug-likeness (QED) is 0.738. The maximum absolute atomic E-state index is 12.9. The van der Waals surface area contributed by atoms with Crippen LogP contribution in [0.2, 0.25) is 0 Å². The Kier molecular flexibility index (Phi) is 3.92. The summed E-state index contributed by atoms with van der Waals surface area (Å²) >= 11 is 0. The van der Waals surface area contributed by atoms with Gasteiger partial charge in [0.2, 0.25) is 5.69 Å². The molecule has 0 aliphatic heterocycles. The van der Waals surface area contributed by atoms with Crippen LogP contribution in [0.4, 0.5) is 10.1 Å². The van der Waals surface area contributed by atoms with Crippen LogP contribution in [0.25, 0.3) is 5.69 Å². The number of para-hydroxylation sites is 1. The minimum Gasteiger partial charge on any atom is -0.322 e. The molecule has 1 heterocycles. The summed E-state index contributed by atoms with van der Waals surface area (Å²) in [5.41, 5.74) is 2.05. The van der Waals surface area contributed by atoms with Gasteiger partial charge in [-0.25, -0.2) is 4.39 Å². The first-order valence-electron chi connectivity index (χ1n) is 6.86. The summed E-state index contributed by atoms with van der Waals surface area (Å²) in [6.07, 6.45) is 3.64. The molecule has 22 heavy (non-hydrogen) atoms. The van der Waals surface area contributed by atoms with Gasteiger partial charge in [-0.1, -0.05) is 18.2 Å². The molecule has 3 rings (SSSR count). The molecule has 0 saturated carbocycles. The standard InChI is InChI=1S/C18H13FN2O/c19-15-8-10-16(11-9-15)20-18(22)14-5-4-12-21(13-14)17-6-2-1-3-7-17/h1-13H/p+1. The molecule has 0 fully saturated rings. The summed E-state index contributed by atoms with van der Waals surface area (Å²) < 4.78 is 14.7. The van der Waals surface area contributed by atoms with Gasteiger partial charge in [-0.2, -0.15) is 4.57 Å². The number of hydrogen-bond acceptors (Lipinski definition) is 1. The fraction of sp³-hybridized carbons (Fsp3) is 0. The van der Waals surface area contributed by atoms with Crippen molar-refractivity contribution in [1.29, 1.82) is 0 Å². The molecule has 0 saturated heterocycles. The minimum atomic E-state index is -0.334. The van der Waals surface area contributed by atoms with Crippen molar-refractivity contribution in [1.82, 2.24) is 0 Å². The number of rotatable bonds is 3. The fourth-order valence-electron chi connectivity index (χ4n) is 2.11. The van der Waals surface area contributed by atoms with Gasteiger partial charge in [-0.3, -0.25) is 4.79 Å². The Hall–Kier alpha value is -3.01. The number of nitrogens with zero attached hydrogens (tertiary/aromatic N) is 1. The molecule has 0 aliphatic rings. The van der Waals surface area contributed by atoms with E-state index in [2.05, 4.69) is 5.32 Å². The maximum atomic E-state index is 12.9. The zero-order chi connectivity index (χ0) is 15.4. The lowest BCUT2D eigenvalue weighted by molar-refractivity contribution is -0.595. The first-order chi connectivity index (χ1) is 10.7. The van der Waals surface area contributed by atoms with Crippen molar-refractivity contribution in [3.05, 3.63) is 90.5 Å². The topological polar surface area (TPSA) is 33.0 Å². The van der Waals surface area contributed by atoms with Gasteiger partial charge in [0, 0.05) is 23.9 Å². The molecule has 0 unspecified atom stereocenters. The SMILES string of the molecule is O=C(Nc1ccc(F)cc1)c1ccc[n+](-c2ccccc2)c1. The summed E-state index contributed by atoms with van der Waals surface area (Å²) in [5.74, 6) is -0.573. The monoisotopic (exact) mass is 293 g/mol. The zero-order valence-corrected chi connectivity index (χ0v) is 11.7. The molecule has 1 aromatic heterocycles. The molecule has 0 atom stereocenters. The Labute approximate surface area is 127 Å². The molecule has 3 aromatic rings. The van der Waals surface area contributed by atoms with Crippen molar-refractivity contribution in [2.45, 2.75) is 0 Å². The Morgan fingerprint density at radius 1 is 0.909 bits per heavy atom. The maximum Gasteiger partial charge on any atom is 0.261 e. The Morgan fingerprint density at radius 2 is 1.64 bits per heavy atom. The normalized spacial score (nSPS) is 10.2. The number of carbonyl (C=O) groups is 1. The number of carbonyl (C=O) groups excluding carboxylic acids is 1. The molecule has 0 bridgehead atoms. The van der Waals surface area contributed by atoms with E-state index in [1.807, 2.05) is 47.2 Å². The van der Waals surface area contributed by atoms with Gasteiger partial charge < -0.3 is 5.32 Å². The lowest BCUT2D eigenvalue weighted by Crippen LogP contribution is -2.31. The summed E-state index contributed by atoms with van der Waals surface area (Å²) in [6, 6.07) is 19.0. The second-order valence-corrected chi connectivity index (χ2v) is 4.80. The number of anilines is 1. The molecule has 4 heteroatoms. The summed E-state index contributed by atoms with van der Waals surface area (Å²) in [6.45, 7) is 0. The molecule has 0 aliphatic carbocycles. The van der Waals surface area contributed by atoms with Crippen LogP contribution in [0.5, 0.6) is 0 Å². The Morgan fingerprint density at radius 3 is 2.36 bits per heavy atom. The molecular formula is C18H14FN2O+. The third-order valence-electron chi connectivity index (χ3n) is 3.22. The fourth-order valence-corrected chi connectivity index (χ4v) is 2.11. The average molecular weight is 293 g/mol. The third kappa shape index (κ3) is 3.17. The van der Waals surface area contributed by atoms with E-state index in [1.54, 1.807) is 12.3 Å². The number of amides is 1. The molecule has 1 amide bonds. The largest absolute Gasteiger partial charge is 0.322 e. The zero-order valence-electron chi connectivity index (χ0n) is 11.7. The molecule has 1 N–H and O–H groups in total. The van der Waals surface area contributed by atoms with E-state index in [0.717, 1.165) is 5.69 Å². The van der Waals surface area contributed by atoms with E-state index >= 15 is 0 Å². The van der Waals surface area contributed by atoms with Crippen molar-refractivity contribution in [2.24, 2.45) is 0 Å². The van der Waals surface area contributed by atoms with Crippen LogP contribution in [0.3, 0.4) is 0 Å². The molecular weight excluding hydrogens is 279 g/mol. The van der Waals surface area contributed by atoms with E-state index in [4.69, 9.17) is 0 Å². The van der Waals surface area contributed by atoms with Gasteiger partial charge in [0.1, 0.15) is 11.4 Å². The number of halogens is 1. The van der Waals surface area contributed by atoms with E-state index in [9.17, 15) is 9.18 Å². The number of benzene rings is 2. The average Bonchev–Trinajstić information content (AvgIpc) is 2.58. The summed E-state index contributed by atoms with van der Waals surface area (Å²) in [5, 5.41) is 2.75. The third-order valence-corrected chi connectivity index (χ3v) is 3.22. The second-order valence-electron chi connectivity index (χ2n) is 4.80. The second kappa shape index (κ2) is 6.18. The molecule has 2 aromatic carbocycles. The van der Waals surface area contributed by atoms with Gasteiger partial charge in [0.25, 0.3) is 5.91 Å². The van der Waals surface area contributed by atoms with Gasteiger partial charge in [-0.15, -0.1) is 0 Å². The number of nitrogens with one attached hydrogen (secondary N) is 1. The smallest absolute Gasteiger partial charge is 0.261 e. The van der Waals surface area contributed by atoms with Crippen LogP contribution in [-0.4, -0.2) is 5.91 Å². The highest BCUT2D eigenvalue weighted by atomic mass is 19.1. The van der Waals surface area contributed by atoms with Crippen LogP contribution in [-0.2, 0) is 0 Å². The summed E-state index contributed by atoms with van der Waals surface area (Å²) in [7, 11) is 0. The predicted octanol–water partition coefficient (Wildman–Crippen LogP) is 3.35. The van der Waals surface area contributed by atoms with Gasteiger partial charge in [0.15, 0.2) is 12.4 Å². The molecule has 108 valence electrons. The molecule has 3 nitrogen and oxygen atoms in total. The van der Waals surface area contributed by atoms with Crippen LogP contribution in [0.15, 0.2) is 79.1 Å². The van der Waals surface area contributed by atoms with Crippen LogP contribution in [0, 0.1) is 5.82 Å². The first-order valence-corrected chi connectivity index (χ1v) is 6.86. The predicted molar refractivity (Wildman–Crippen MR) is 82.3 cm³/mol. The van der Waals surface area contributed by atoms with Crippen molar-refractivity contribution in [2.75, 3.05) is 5.32 Å². The van der Waals surface area contributed by atoms with Crippen LogP contribution >= 0.6 is 0 Å². The Balaban J connectivity index is 1.82. The van der Waals surface area contributed by atoms with E-state index in [-0.39, 0.29) is 11.7 Å². The Bertz CT molecular complexity index is 786. The number of pyridine rings is 1. The van der Waals surface area contributed by atoms with Crippen molar-refractivity contribution in [3.8, 4) is 5.69 Å². The van der Waals surface area contributed by atoms with Gasteiger partial charge >= 0.3 is 0 Å².